The van der Waals surface area contributed by atoms with Crippen molar-refractivity contribution in [2.75, 3.05) is 0 Å². The molecule has 0 radical (unpaired) electrons. The van der Waals surface area contributed by atoms with Crippen LogP contribution < -0.4 is 10.9 Å². The number of rotatable bonds is 3. The lowest BCUT2D eigenvalue weighted by molar-refractivity contribution is -0.121. The van der Waals surface area contributed by atoms with E-state index in [0.717, 1.165) is 28.1 Å². The highest BCUT2D eigenvalue weighted by Gasteiger charge is 2.18. The Balaban J connectivity index is 1.81. The standard InChI is InChI=1S/C15H19N3O2S/c1-8-9(2)21-15-13(8)14(20)17-11(18-15)7-12(19)16-10-5-3-4-6-10/h10H,3-7H2,1-2H3,(H,16,19)(H,17,18,20). The molecule has 1 aliphatic rings. The number of fused-ring (bicyclic) bond motifs is 1. The van der Waals surface area contributed by atoms with Crippen LogP contribution in [0.25, 0.3) is 10.2 Å². The third-order valence-corrected chi connectivity index (χ3v) is 5.24. The van der Waals surface area contributed by atoms with Crippen LogP contribution in [0.15, 0.2) is 4.79 Å². The largest absolute Gasteiger partial charge is 0.353 e. The summed E-state index contributed by atoms with van der Waals surface area (Å²) in [5.41, 5.74) is 0.830. The zero-order valence-corrected chi connectivity index (χ0v) is 13.1. The van der Waals surface area contributed by atoms with Gasteiger partial charge in [-0.15, -0.1) is 11.3 Å². The lowest BCUT2D eigenvalue weighted by Crippen LogP contribution is -2.34. The SMILES string of the molecule is Cc1sc2nc(CC(=O)NC3CCCC3)[nH]c(=O)c2c1C. The van der Waals surface area contributed by atoms with Gasteiger partial charge in [-0.05, 0) is 32.3 Å². The van der Waals surface area contributed by atoms with Crippen LogP contribution in [0.3, 0.4) is 0 Å². The molecule has 0 spiro atoms. The van der Waals surface area contributed by atoms with Crippen molar-refractivity contribution in [2.45, 2.75) is 52.0 Å². The summed E-state index contributed by atoms with van der Waals surface area (Å²) in [4.78, 5) is 33.1. The van der Waals surface area contributed by atoms with Gasteiger partial charge in [0, 0.05) is 10.9 Å². The van der Waals surface area contributed by atoms with E-state index in [0.29, 0.717) is 17.3 Å². The molecule has 1 amide bonds. The van der Waals surface area contributed by atoms with Gasteiger partial charge in [-0.1, -0.05) is 12.8 Å². The van der Waals surface area contributed by atoms with E-state index < -0.39 is 0 Å². The van der Waals surface area contributed by atoms with E-state index in [9.17, 15) is 9.59 Å². The molecule has 6 heteroatoms. The highest BCUT2D eigenvalue weighted by atomic mass is 32.1. The van der Waals surface area contributed by atoms with Gasteiger partial charge in [0.2, 0.25) is 5.91 Å². The van der Waals surface area contributed by atoms with E-state index in [1.807, 2.05) is 13.8 Å². The molecular weight excluding hydrogens is 286 g/mol. The maximum absolute atomic E-state index is 12.1. The predicted molar refractivity (Wildman–Crippen MR) is 83.8 cm³/mol. The molecule has 0 atom stereocenters. The van der Waals surface area contributed by atoms with Crippen molar-refractivity contribution in [3.05, 3.63) is 26.6 Å². The van der Waals surface area contributed by atoms with E-state index in [1.165, 1.54) is 24.2 Å². The first-order chi connectivity index (χ1) is 10.0. The van der Waals surface area contributed by atoms with E-state index in [-0.39, 0.29) is 17.9 Å². The summed E-state index contributed by atoms with van der Waals surface area (Å²) in [6.45, 7) is 3.91. The number of thiophene rings is 1. The molecule has 112 valence electrons. The fourth-order valence-corrected chi connectivity index (χ4v) is 3.93. The van der Waals surface area contributed by atoms with E-state index in [2.05, 4.69) is 15.3 Å². The summed E-state index contributed by atoms with van der Waals surface area (Å²) >= 11 is 1.50. The van der Waals surface area contributed by atoms with Crippen molar-refractivity contribution in [3.63, 3.8) is 0 Å². The van der Waals surface area contributed by atoms with Gasteiger partial charge in [0.1, 0.15) is 10.7 Å². The molecule has 3 rings (SSSR count). The zero-order chi connectivity index (χ0) is 15.0. The van der Waals surface area contributed by atoms with Crippen molar-refractivity contribution >= 4 is 27.5 Å². The number of nitrogens with one attached hydrogen (secondary N) is 2. The number of carbonyl (C=O) groups is 1. The molecule has 5 nitrogen and oxygen atoms in total. The smallest absolute Gasteiger partial charge is 0.259 e. The Kier molecular flexibility index (Phi) is 3.80. The fraction of sp³-hybridized carbons (Fsp3) is 0.533. The van der Waals surface area contributed by atoms with Crippen molar-refractivity contribution < 1.29 is 4.79 Å². The summed E-state index contributed by atoms with van der Waals surface area (Å²) in [6, 6.07) is 0.291. The Hall–Kier alpha value is -1.69. The number of hydrogen-bond donors (Lipinski definition) is 2. The molecule has 0 unspecified atom stereocenters. The molecule has 0 aromatic carbocycles. The van der Waals surface area contributed by atoms with Gasteiger partial charge in [0.05, 0.1) is 11.8 Å². The van der Waals surface area contributed by atoms with E-state index in [1.54, 1.807) is 0 Å². The Morgan fingerprint density at radius 3 is 2.81 bits per heavy atom. The summed E-state index contributed by atoms with van der Waals surface area (Å²) < 4.78 is 0. The van der Waals surface area contributed by atoms with Crippen molar-refractivity contribution in [3.8, 4) is 0 Å². The molecule has 0 aliphatic heterocycles. The number of aromatic amines is 1. The van der Waals surface area contributed by atoms with Crippen LogP contribution in [-0.4, -0.2) is 21.9 Å². The fourth-order valence-electron chi connectivity index (χ4n) is 2.88. The molecule has 1 saturated carbocycles. The van der Waals surface area contributed by atoms with Crippen molar-refractivity contribution in [2.24, 2.45) is 0 Å². The average Bonchev–Trinajstić information content (AvgIpc) is 2.99. The van der Waals surface area contributed by atoms with Gasteiger partial charge in [0.15, 0.2) is 0 Å². The number of aromatic nitrogens is 2. The molecule has 2 N–H and O–H groups in total. The third-order valence-electron chi connectivity index (χ3n) is 4.14. The summed E-state index contributed by atoms with van der Waals surface area (Å²) in [5, 5.41) is 3.66. The molecule has 0 saturated heterocycles. The van der Waals surface area contributed by atoms with Crippen LogP contribution in [0.2, 0.25) is 0 Å². The van der Waals surface area contributed by atoms with Gasteiger partial charge < -0.3 is 10.3 Å². The Labute approximate surface area is 126 Å². The van der Waals surface area contributed by atoms with Crippen molar-refractivity contribution in [1.82, 2.24) is 15.3 Å². The molecule has 21 heavy (non-hydrogen) atoms. The van der Waals surface area contributed by atoms with E-state index in [4.69, 9.17) is 0 Å². The minimum atomic E-state index is -0.148. The predicted octanol–water partition coefficient (Wildman–Crippen LogP) is 2.20. The number of nitrogens with zero attached hydrogens (tertiary/aromatic N) is 1. The summed E-state index contributed by atoms with van der Waals surface area (Å²) in [6.07, 6.45) is 4.60. The van der Waals surface area contributed by atoms with Crippen LogP contribution in [-0.2, 0) is 11.2 Å². The molecule has 1 fully saturated rings. The number of amides is 1. The van der Waals surface area contributed by atoms with Gasteiger partial charge in [-0.3, -0.25) is 9.59 Å². The second kappa shape index (κ2) is 5.60. The number of carbonyl (C=O) groups excluding carboxylic acids is 1. The van der Waals surface area contributed by atoms with Gasteiger partial charge in [0.25, 0.3) is 5.56 Å². The van der Waals surface area contributed by atoms with Gasteiger partial charge >= 0.3 is 0 Å². The van der Waals surface area contributed by atoms with Crippen LogP contribution in [0, 0.1) is 13.8 Å². The molecule has 2 aromatic heterocycles. The zero-order valence-electron chi connectivity index (χ0n) is 12.3. The minimum Gasteiger partial charge on any atom is -0.353 e. The summed E-state index contributed by atoms with van der Waals surface area (Å²) in [7, 11) is 0. The summed E-state index contributed by atoms with van der Waals surface area (Å²) in [5.74, 6) is 0.388. The second-order valence-electron chi connectivity index (χ2n) is 5.70. The second-order valence-corrected chi connectivity index (χ2v) is 6.90. The highest BCUT2D eigenvalue weighted by Crippen LogP contribution is 2.25. The number of hydrogen-bond acceptors (Lipinski definition) is 4. The Morgan fingerprint density at radius 2 is 2.10 bits per heavy atom. The normalized spacial score (nSPS) is 15.7. The van der Waals surface area contributed by atoms with Crippen LogP contribution in [0.5, 0.6) is 0 Å². The van der Waals surface area contributed by atoms with Gasteiger partial charge in [-0.25, -0.2) is 4.98 Å². The monoisotopic (exact) mass is 305 g/mol. The lowest BCUT2D eigenvalue weighted by atomic mass is 10.2. The number of H-pyrrole nitrogens is 1. The van der Waals surface area contributed by atoms with Crippen LogP contribution >= 0.6 is 11.3 Å². The Bertz CT molecular complexity index is 741. The molecule has 1 aliphatic carbocycles. The minimum absolute atomic E-state index is 0.0607. The lowest BCUT2D eigenvalue weighted by Gasteiger charge is -2.11. The maximum Gasteiger partial charge on any atom is 0.259 e. The number of aryl methyl sites for hydroxylation is 2. The van der Waals surface area contributed by atoms with Crippen LogP contribution in [0.4, 0.5) is 0 Å². The van der Waals surface area contributed by atoms with E-state index >= 15 is 0 Å². The highest BCUT2D eigenvalue weighted by molar-refractivity contribution is 7.18. The first kappa shape index (κ1) is 14.3. The molecule has 0 bridgehead atoms. The topological polar surface area (TPSA) is 74.8 Å². The Morgan fingerprint density at radius 1 is 1.38 bits per heavy atom. The molecule has 2 aromatic rings. The first-order valence-corrected chi connectivity index (χ1v) is 8.14. The average molecular weight is 305 g/mol. The molecule has 2 heterocycles. The quantitative estimate of drug-likeness (QED) is 0.913. The van der Waals surface area contributed by atoms with Crippen molar-refractivity contribution in [1.29, 1.82) is 0 Å². The maximum atomic E-state index is 12.1. The third kappa shape index (κ3) is 2.85. The first-order valence-electron chi connectivity index (χ1n) is 7.33. The van der Waals surface area contributed by atoms with Gasteiger partial charge in [-0.2, -0.15) is 0 Å². The molecular formula is C15H19N3O2S. The van der Waals surface area contributed by atoms with Crippen LogP contribution in [0.1, 0.15) is 41.9 Å².